The summed E-state index contributed by atoms with van der Waals surface area (Å²) >= 11 is 1.86. The van der Waals surface area contributed by atoms with Crippen molar-refractivity contribution in [2.75, 3.05) is 45.4 Å². The number of ether oxygens (including phenoxy) is 1. The molecule has 0 aliphatic carbocycles. The van der Waals surface area contributed by atoms with Crippen molar-refractivity contribution in [1.82, 2.24) is 4.90 Å². The maximum atomic E-state index is 8.48. The van der Waals surface area contributed by atoms with Gasteiger partial charge in [0.05, 0.1) is 19.8 Å². The fourth-order valence-corrected chi connectivity index (χ4v) is 1.70. The van der Waals surface area contributed by atoms with Gasteiger partial charge < -0.3 is 14.7 Å². The summed E-state index contributed by atoms with van der Waals surface area (Å²) in [4.78, 5) is 2.27. The number of likely N-dealkylation sites (N-methyl/N-ethyl adjacent to an activating group) is 1. The van der Waals surface area contributed by atoms with Gasteiger partial charge in [-0.2, -0.15) is 11.8 Å². The highest BCUT2D eigenvalue weighted by atomic mass is 32.2. The first-order valence-electron chi connectivity index (χ1n) is 4.60. The van der Waals surface area contributed by atoms with Crippen LogP contribution in [0, 0.1) is 0 Å². The van der Waals surface area contributed by atoms with Crippen LogP contribution in [0.3, 0.4) is 0 Å². The van der Waals surface area contributed by atoms with Crippen molar-refractivity contribution in [3.05, 3.63) is 0 Å². The van der Waals surface area contributed by atoms with Crippen molar-refractivity contribution >= 4 is 11.8 Å². The Labute approximate surface area is 85.4 Å². The molecule has 0 heterocycles. The van der Waals surface area contributed by atoms with E-state index in [-0.39, 0.29) is 6.61 Å². The maximum Gasteiger partial charge on any atom is 0.0698 e. The summed E-state index contributed by atoms with van der Waals surface area (Å²) < 4.78 is 5.18. The van der Waals surface area contributed by atoms with Crippen molar-refractivity contribution in [3.8, 4) is 0 Å². The molecule has 3 nitrogen and oxygen atoms in total. The van der Waals surface area contributed by atoms with Crippen LogP contribution in [0.25, 0.3) is 0 Å². The van der Waals surface area contributed by atoms with E-state index in [1.165, 1.54) is 0 Å². The largest absolute Gasteiger partial charge is 0.394 e. The number of aliphatic hydroxyl groups excluding tert-OH is 1. The van der Waals surface area contributed by atoms with Gasteiger partial charge in [0.2, 0.25) is 0 Å². The number of aliphatic hydroxyl groups is 1. The zero-order valence-corrected chi connectivity index (χ0v) is 9.64. The standard InChI is InChI=1S/C9H21NO2S/c1-9(8-13-3)10(2)4-6-12-7-5-11/h9,11H,4-8H2,1-3H3. The lowest BCUT2D eigenvalue weighted by atomic mass is 10.3. The molecule has 0 saturated heterocycles. The highest BCUT2D eigenvalue weighted by molar-refractivity contribution is 7.98. The molecule has 13 heavy (non-hydrogen) atoms. The van der Waals surface area contributed by atoms with Gasteiger partial charge in [0.15, 0.2) is 0 Å². The van der Waals surface area contributed by atoms with Crippen LogP contribution in [0.4, 0.5) is 0 Å². The zero-order chi connectivity index (χ0) is 10.1. The van der Waals surface area contributed by atoms with E-state index in [0.717, 1.165) is 12.3 Å². The normalized spacial score (nSPS) is 13.6. The molecule has 0 aliphatic heterocycles. The second kappa shape index (κ2) is 8.81. The predicted molar refractivity (Wildman–Crippen MR) is 58.4 cm³/mol. The molecule has 0 aliphatic rings. The Kier molecular flexibility index (Phi) is 8.97. The lowest BCUT2D eigenvalue weighted by Gasteiger charge is -2.23. The minimum Gasteiger partial charge on any atom is -0.394 e. The molecule has 0 spiro atoms. The van der Waals surface area contributed by atoms with E-state index in [1.54, 1.807) is 0 Å². The van der Waals surface area contributed by atoms with Crippen molar-refractivity contribution in [2.45, 2.75) is 13.0 Å². The molecule has 1 N–H and O–H groups in total. The third-order valence-corrected chi connectivity index (χ3v) is 2.80. The lowest BCUT2D eigenvalue weighted by Crippen LogP contribution is -2.33. The molecule has 0 saturated carbocycles. The second-order valence-corrected chi connectivity index (χ2v) is 4.03. The summed E-state index contributed by atoms with van der Waals surface area (Å²) in [6, 6.07) is 0.590. The minimum absolute atomic E-state index is 0.115. The molecule has 1 atom stereocenters. The smallest absolute Gasteiger partial charge is 0.0698 e. The van der Waals surface area contributed by atoms with Crippen LogP contribution in [-0.2, 0) is 4.74 Å². The van der Waals surface area contributed by atoms with E-state index in [9.17, 15) is 0 Å². The van der Waals surface area contributed by atoms with Crippen LogP contribution in [0.1, 0.15) is 6.92 Å². The average molecular weight is 207 g/mol. The van der Waals surface area contributed by atoms with Gasteiger partial charge in [-0.1, -0.05) is 0 Å². The van der Waals surface area contributed by atoms with Gasteiger partial charge >= 0.3 is 0 Å². The van der Waals surface area contributed by atoms with Gasteiger partial charge in [-0.25, -0.2) is 0 Å². The van der Waals surface area contributed by atoms with E-state index in [4.69, 9.17) is 9.84 Å². The van der Waals surface area contributed by atoms with E-state index < -0.39 is 0 Å². The minimum atomic E-state index is 0.115. The third-order valence-electron chi connectivity index (χ3n) is 1.98. The van der Waals surface area contributed by atoms with Crippen molar-refractivity contribution in [2.24, 2.45) is 0 Å². The Morgan fingerprint density at radius 2 is 2.15 bits per heavy atom. The van der Waals surface area contributed by atoms with Gasteiger partial charge in [-0.3, -0.25) is 0 Å². The van der Waals surface area contributed by atoms with Crippen molar-refractivity contribution < 1.29 is 9.84 Å². The molecule has 0 aromatic rings. The number of rotatable bonds is 8. The fourth-order valence-electron chi connectivity index (χ4n) is 0.964. The zero-order valence-electron chi connectivity index (χ0n) is 8.82. The van der Waals surface area contributed by atoms with Gasteiger partial charge in [0.25, 0.3) is 0 Å². The molecule has 4 heteroatoms. The summed E-state index contributed by atoms with van der Waals surface area (Å²) in [6.45, 7) is 4.41. The van der Waals surface area contributed by atoms with Gasteiger partial charge in [0, 0.05) is 18.3 Å². The van der Waals surface area contributed by atoms with Gasteiger partial charge in [-0.05, 0) is 20.2 Å². The van der Waals surface area contributed by atoms with E-state index in [0.29, 0.717) is 19.3 Å². The first-order valence-corrected chi connectivity index (χ1v) is 5.99. The Hall–Kier alpha value is 0.230. The third kappa shape index (κ3) is 7.31. The fraction of sp³-hybridized carbons (Fsp3) is 1.00. The number of hydrogen-bond donors (Lipinski definition) is 1. The SMILES string of the molecule is CSCC(C)N(C)CCOCCO. The summed E-state index contributed by atoms with van der Waals surface area (Å²) in [5.41, 5.74) is 0. The molecule has 0 radical (unpaired) electrons. The van der Waals surface area contributed by atoms with Crippen LogP contribution < -0.4 is 0 Å². The molecule has 0 rings (SSSR count). The Morgan fingerprint density at radius 1 is 1.46 bits per heavy atom. The quantitative estimate of drug-likeness (QED) is 0.593. The van der Waals surface area contributed by atoms with Crippen LogP contribution >= 0.6 is 11.8 Å². The van der Waals surface area contributed by atoms with Crippen molar-refractivity contribution in [1.29, 1.82) is 0 Å². The second-order valence-electron chi connectivity index (χ2n) is 3.12. The molecule has 80 valence electrons. The number of nitrogens with zero attached hydrogens (tertiary/aromatic N) is 1. The number of thioether (sulfide) groups is 1. The van der Waals surface area contributed by atoms with Crippen LogP contribution in [0.2, 0.25) is 0 Å². The van der Waals surface area contributed by atoms with Crippen LogP contribution in [0.15, 0.2) is 0 Å². The Bertz CT molecular complexity index is 114. The molecule has 0 aromatic carbocycles. The van der Waals surface area contributed by atoms with Crippen molar-refractivity contribution in [3.63, 3.8) is 0 Å². The highest BCUT2D eigenvalue weighted by Gasteiger charge is 2.06. The summed E-state index contributed by atoms with van der Waals surface area (Å²) in [5.74, 6) is 1.15. The molecule has 0 aromatic heterocycles. The summed E-state index contributed by atoms with van der Waals surface area (Å²) in [6.07, 6.45) is 2.12. The van der Waals surface area contributed by atoms with Crippen LogP contribution in [0.5, 0.6) is 0 Å². The topological polar surface area (TPSA) is 32.7 Å². The van der Waals surface area contributed by atoms with Gasteiger partial charge in [-0.15, -0.1) is 0 Å². The summed E-state index contributed by atoms with van der Waals surface area (Å²) in [5, 5.41) is 8.48. The summed E-state index contributed by atoms with van der Waals surface area (Å²) in [7, 11) is 2.10. The Morgan fingerprint density at radius 3 is 2.69 bits per heavy atom. The van der Waals surface area contributed by atoms with E-state index in [1.807, 2.05) is 11.8 Å². The monoisotopic (exact) mass is 207 g/mol. The van der Waals surface area contributed by atoms with Gasteiger partial charge in [0.1, 0.15) is 0 Å². The highest BCUT2D eigenvalue weighted by Crippen LogP contribution is 2.02. The molecule has 0 amide bonds. The molecule has 1 unspecified atom stereocenters. The lowest BCUT2D eigenvalue weighted by molar-refractivity contribution is 0.0738. The molecule has 0 fully saturated rings. The average Bonchev–Trinajstić information content (AvgIpc) is 2.12. The maximum absolute atomic E-state index is 8.48. The molecular weight excluding hydrogens is 186 g/mol. The predicted octanol–water partition coefficient (Wildman–Crippen LogP) is 0.679. The first kappa shape index (κ1) is 13.2. The molecule has 0 bridgehead atoms. The van der Waals surface area contributed by atoms with Crippen LogP contribution in [-0.4, -0.2) is 61.5 Å². The first-order chi connectivity index (χ1) is 6.22. The van der Waals surface area contributed by atoms with E-state index in [2.05, 4.69) is 25.1 Å². The molecular formula is C9H21NO2S. The Balaban J connectivity index is 3.32. The number of hydrogen-bond acceptors (Lipinski definition) is 4. The van der Waals surface area contributed by atoms with E-state index >= 15 is 0 Å².